The lowest BCUT2D eigenvalue weighted by molar-refractivity contribution is -0.114. The predicted molar refractivity (Wildman–Crippen MR) is 127 cm³/mol. The van der Waals surface area contributed by atoms with Gasteiger partial charge in [0.1, 0.15) is 11.5 Å². The molecule has 3 aromatic rings. The first-order valence-electron chi connectivity index (χ1n) is 10.6. The van der Waals surface area contributed by atoms with Crippen LogP contribution in [-0.2, 0) is 9.53 Å². The lowest BCUT2D eigenvalue weighted by Gasteiger charge is -2.12. The van der Waals surface area contributed by atoms with Crippen molar-refractivity contribution in [3.8, 4) is 11.3 Å². The number of carbonyl (C=O) groups is 3. The molecule has 1 amide bonds. The summed E-state index contributed by atoms with van der Waals surface area (Å²) in [4.78, 5) is 36.2. The highest BCUT2D eigenvalue weighted by Crippen LogP contribution is 2.28. The number of hydrogen-bond donors (Lipinski definition) is 1. The molecule has 8 nitrogen and oxygen atoms in total. The standard InChI is InChI=1S/C26H22N2O6/c1-15(2)33-26(32)18-9-7-17(8-10-18)23-12-11-21(34-23)14-22-16(3)27-28(24(22)29)20-6-4-5-19(13-20)25(30)31/h4-15H,1-3H3,(H,30,31)/b22-14+. The van der Waals surface area contributed by atoms with Crippen LogP contribution in [0.3, 0.4) is 0 Å². The Morgan fingerprint density at radius 1 is 1.06 bits per heavy atom. The second kappa shape index (κ2) is 9.19. The van der Waals surface area contributed by atoms with E-state index < -0.39 is 5.97 Å². The van der Waals surface area contributed by atoms with Gasteiger partial charge in [-0.15, -0.1) is 0 Å². The number of ether oxygens (including phenoxy) is 1. The molecule has 1 aliphatic rings. The van der Waals surface area contributed by atoms with E-state index in [1.165, 1.54) is 17.1 Å². The van der Waals surface area contributed by atoms with Gasteiger partial charge in [0.05, 0.1) is 34.2 Å². The van der Waals surface area contributed by atoms with Crippen molar-refractivity contribution in [2.24, 2.45) is 5.10 Å². The van der Waals surface area contributed by atoms with Crippen molar-refractivity contribution < 1.29 is 28.6 Å². The van der Waals surface area contributed by atoms with Gasteiger partial charge in [0.25, 0.3) is 5.91 Å². The Bertz CT molecular complexity index is 1330. The minimum absolute atomic E-state index is 0.0646. The smallest absolute Gasteiger partial charge is 0.338 e. The minimum Gasteiger partial charge on any atom is -0.478 e. The number of esters is 1. The number of carboxylic acid groups (broad SMARTS) is 1. The van der Waals surface area contributed by atoms with Gasteiger partial charge in [-0.3, -0.25) is 4.79 Å². The molecule has 0 saturated heterocycles. The average molecular weight is 458 g/mol. The van der Waals surface area contributed by atoms with Crippen LogP contribution in [0.4, 0.5) is 5.69 Å². The first kappa shape index (κ1) is 22.7. The number of aromatic carboxylic acids is 1. The fraction of sp³-hybridized carbons (Fsp3) is 0.154. The third-order valence-electron chi connectivity index (χ3n) is 5.06. The molecule has 1 aromatic heterocycles. The molecule has 0 fully saturated rings. The summed E-state index contributed by atoms with van der Waals surface area (Å²) >= 11 is 0. The molecular weight excluding hydrogens is 436 g/mol. The molecule has 0 aliphatic carbocycles. The normalized spacial score (nSPS) is 14.6. The van der Waals surface area contributed by atoms with E-state index in [1.807, 2.05) is 0 Å². The summed E-state index contributed by atoms with van der Waals surface area (Å²) in [5, 5.41) is 14.7. The molecule has 1 aliphatic heterocycles. The van der Waals surface area contributed by atoms with Gasteiger partial charge in [0.15, 0.2) is 0 Å². The minimum atomic E-state index is -1.09. The molecule has 0 atom stereocenters. The van der Waals surface area contributed by atoms with Gasteiger partial charge in [-0.2, -0.15) is 10.1 Å². The van der Waals surface area contributed by atoms with Gasteiger partial charge in [0, 0.05) is 5.56 Å². The number of carbonyl (C=O) groups excluding carboxylic acids is 2. The molecule has 4 rings (SSSR count). The highest BCUT2D eigenvalue weighted by molar-refractivity contribution is 6.32. The van der Waals surface area contributed by atoms with Crippen molar-refractivity contribution in [3.05, 3.63) is 83.1 Å². The summed E-state index contributed by atoms with van der Waals surface area (Å²) in [5.41, 5.74) is 2.46. The molecular formula is C26H22N2O6. The molecule has 0 spiro atoms. The Balaban J connectivity index is 1.54. The number of carboxylic acids is 1. The number of anilines is 1. The number of nitrogens with zero attached hydrogens (tertiary/aromatic N) is 2. The topological polar surface area (TPSA) is 109 Å². The average Bonchev–Trinajstić information content (AvgIpc) is 3.39. The van der Waals surface area contributed by atoms with E-state index in [4.69, 9.17) is 9.15 Å². The largest absolute Gasteiger partial charge is 0.478 e. The summed E-state index contributed by atoms with van der Waals surface area (Å²) in [7, 11) is 0. The zero-order chi connectivity index (χ0) is 24.4. The number of furan rings is 1. The third kappa shape index (κ3) is 4.66. The van der Waals surface area contributed by atoms with Crippen LogP contribution in [0.25, 0.3) is 17.4 Å². The van der Waals surface area contributed by atoms with Crippen LogP contribution in [0.1, 0.15) is 47.2 Å². The van der Waals surface area contributed by atoms with Crippen LogP contribution in [-0.4, -0.2) is 34.8 Å². The van der Waals surface area contributed by atoms with Crippen LogP contribution in [0.5, 0.6) is 0 Å². The molecule has 34 heavy (non-hydrogen) atoms. The quantitative estimate of drug-likeness (QED) is 0.410. The predicted octanol–water partition coefficient (Wildman–Crippen LogP) is 5.02. The number of hydrazone groups is 1. The second-order valence-corrected chi connectivity index (χ2v) is 7.95. The van der Waals surface area contributed by atoms with Crippen LogP contribution < -0.4 is 5.01 Å². The van der Waals surface area contributed by atoms with E-state index in [-0.39, 0.29) is 23.5 Å². The van der Waals surface area contributed by atoms with Gasteiger partial charge < -0.3 is 14.3 Å². The maximum atomic E-state index is 13.0. The molecule has 0 bridgehead atoms. The number of benzene rings is 2. The van der Waals surface area contributed by atoms with E-state index in [0.29, 0.717) is 34.1 Å². The Hall–Kier alpha value is -4.46. The summed E-state index contributed by atoms with van der Waals surface area (Å²) in [6, 6.07) is 16.4. The molecule has 0 radical (unpaired) electrons. The second-order valence-electron chi connectivity index (χ2n) is 7.95. The Morgan fingerprint density at radius 2 is 1.79 bits per heavy atom. The van der Waals surface area contributed by atoms with E-state index in [9.17, 15) is 19.5 Å². The summed E-state index contributed by atoms with van der Waals surface area (Å²) in [6.07, 6.45) is 1.40. The van der Waals surface area contributed by atoms with Gasteiger partial charge in [-0.25, -0.2) is 9.59 Å². The first-order valence-corrected chi connectivity index (χ1v) is 10.6. The summed E-state index contributed by atoms with van der Waals surface area (Å²) < 4.78 is 11.1. The van der Waals surface area contributed by atoms with Gasteiger partial charge in [-0.1, -0.05) is 18.2 Å². The fourth-order valence-corrected chi connectivity index (χ4v) is 3.41. The van der Waals surface area contributed by atoms with Gasteiger partial charge in [0.2, 0.25) is 0 Å². The Labute approximate surface area is 195 Å². The monoisotopic (exact) mass is 458 g/mol. The van der Waals surface area contributed by atoms with Crippen molar-refractivity contribution in [2.75, 3.05) is 5.01 Å². The number of amides is 1. The lowest BCUT2D eigenvalue weighted by Crippen LogP contribution is -2.21. The SMILES string of the molecule is CC1=NN(c2cccc(C(=O)O)c2)C(=O)/C1=C/c1ccc(-c2ccc(C(=O)OC(C)C)cc2)o1. The summed E-state index contributed by atoms with van der Waals surface area (Å²) in [6.45, 7) is 5.28. The molecule has 0 saturated carbocycles. The number of hydrogen-bond acceptors (Lipinski definition) is 6. The summed E-state index contributed by atoms with van der Waals surface area (Å²) in [5.74, 6) is -0.831. The first-order chi connectivity index (χ1) is 16.2. The Morgan fingerprint density at radius 3 is 2.47 bits per heavy atom. The molecule has 1 N–H and O–H groups in total. The van der Waals surface area contributed by atoms with Crippen molar-refractivity contribution >= 4 is 35.3 Å². The van der Waals surface area contributed by atoms with Crippen molar-refractivity contribution in [3.63, 3.8) is 0 Å². The maximum absolute atomic E-state index is 13.0. The highest BCUT2D eigenvalue weighted by Gasteiger charge is 2.29. The van der Waals surface area contributed by atoms with E-state index in [0.717, 1.165) is 5.56 Å². The number of rotatable bonds is 6. The molecule has 2 aromatic carbocycles. The third-order valence-corrected chi connectivity index (χ3v) is 5.06. The highest BCUT2D eigenvalue weighted by atomic mass is 16.5. The van der Waals surface area contributed by atoms with Crippen LogP contribution in [0.2, 0.25) is 0 Å². The van der Waals surface area contributed by atoms with Crippen LogP contribution in [0.15, 0.2) is 75.8 Å². The fourth-order valence-electron chi connectivity index (χ4n) is 3.41. The molecule has 0 unspecified atom stereocenters. The van der Waals surface area contributed by atoms with Crippen LogP contribution in [0, 0.1) is 0 Å². The van der Waals surface area contributed by atoms with Gasteiger partial charge >= 0.3 is 11.9 Å². The molecule has 172 valence electrons. The molecule has 2 heterocycles. The van der Waals surface area contributed by atoms with E-state index in [2.05, 4.69) is 5.10 Å². The van der Waals surface area contributed by atoms with Gasteiger partial charge in [-0.05, 0) is 69.3 Å². The van der Waals surface area contributed by atoms with E-state index in [1.54, 1.807) is 75.4 Å². The van der Waals surface area contributed by atoms with Crippen molar-refractivity contribution in [1.29, 1.82) is 0 Å². The van der Waals surface area contributed by atoms with Crippen molar-refractivity contribution in [1.82, 2.24) is 0 Å². The maximum Gasteiger partial charge on any atom is 0.338 e. The Kier molecular flexibility index (Phi) is 6.14. The van der Waals surface area contributed by atoms with Crippen LogP contribution >= 0.6 is 0 Å². The van der Waals surface area contributed by atoms with Crippen molar-refractivity contribution in [2.45, 2.75) is 26.9 Å². The zero-order valence-corrected chi connectivity index (χ0v) is 18.8. The lowest BCUT2D eigenvalue weighted by atomic mass is 10.1. The zero-order valence-electron chi connectivity index (χ0n) is 18.8. The molecule has 8 heteroatoms. The van der Waals surface area contributed by atoms with E-state index >= 15 is 0 Å².